The van der Waals surface area contributed by atoms with Crippen LogP contribution in [-0.4, -0.2) is 24.3 Å². The van der Waals surface area contributed by atoms with Crippen LogP contribution in [-0.2, 0) is 0 Å². The lowest BCUT2D eigenvalue weighted by atomic mass is 10.2. The standard InChI is InChI=1S/C10H8O2.C7H6O2/c1-2-6-12-10-5-3-4-9(7-10)8-11;8-5-6-2-1-3-7(9)4-6/h1,3-5,7-8H,6H2;1-5,9H. The third-order valence-electron chi connectivity index (χ3n) is 2.32. The molecular weight excluding hydrogens is 268 g/mol. The van der Waals surface area contributed by atoms with Gasteiger partial charge in [0, 0.05) is 11.1 Å². The molecule has 106 valence electrons. The monoisotopic (exact) mass is 282 g/mol. The Morgan fingerprint density at radius 2 is 1.67 bits per heavy atom. The summed E-state index contributed by atoms with van der Waals surface area (Å²) in [6.45, 7) is 0.225. The summed E-state index contributed by atoms with van der Waals surface area (Å²) in [4.78, 5) is 20.4. The molecule has 4 nitrogen and oxygen atoms in total. The van der Waals surface area contributed by atoms with Crippen LogP contribution < -0.4 is 4.74 Å². The first-order valence-electron chi connectivity index (χ1n) is 6.05. The van der Waals surface area contributed by atoms with Gasteiger partial charge in [0.1, 0.15) is 30.7 Å². The Bertz CT molecular complexity index is 641. The summed E-state index contributed by atoms with van der Waals surface area (Å²) in [7, 11) is 0. The van der Waals surface area contributed by atoms with Crippen LogP contribution >= 0.6 is 0 Å². The lowest BCUT2D eigenvalue weighted by Gasteiger charge is -2.00. The van der Waals surface area contributed by atoms with Gasteiger partial charge >= 0.3 is 0 Å². The smallest absolute Gasteiger partial charge is 0.150 e. The van der Waals surface area contributed by atoms with Crippen LogP contribution in [0.1, 0.15) is 20.7 Å². The van der Waals surface area contributed by atoms with Gasteiger partial charge in [-0.1, -0.05) is 30.2 Å². The molecule has 0 aromatic heterocycles. The summed E-state index contributed by atoms with van der Waals surface area (Å²) in [5.74, 6) is 3.09. The zero-order valence-electron chi connectivity index (χ0n) is 11.2. The number of rotatable bonds is 4. The zero-order chi connectivity index (χ0) is 15.5. The first-order chi connectivity index (χ1) is 10.2. The number of aromatic hydroxyl groups is 1. The molecule has 0 saturated carbocycles. The molecule has 0 unspecified atom stereocenters. The molecule has 0 radical (unpaired) electrons. The Morgan fingerprint density at radius 1 is 1.05 bits per heavy atom. The Hall–Kier alpha value is -3.06. The lowest BCUT2D eigenvalue weighted by molar-refractivity contribution is 0.111. The fraction of sp³-hybridized carbons (Fsp3) is 0.0588. The summed E-state index contributed by atoms with van der Waals surface area (Å²) >= 11 is 0. The van der Waals surface area contributed by atoms with Crippen LogP contribution in [0.25, 0.3) is 0 Å². The van der Waals surface area contributed by atoms with Crippen molar-refractivity contribution in [2.75, 3.05) is 6.61 Å². The van der Waals surface area contributed by atoms with E-state index in [-0.39, 0.29) is 12.4 Å². The van der Waals surface area contributed by atoms with Crippen LogP contribution in [0.3, 0.4) is 0 Å². The second-order valence-electron chi connectivity index (χ2n) is 3.90. The molecule has 0 heterocycles. The molecule has 2 aromatic carbocycles. The summed E-state index contributed by atoms with van der Waals surface area (Å²) in [5.41, 5.74) is 1.08. The van der Waals surface area contributed by atoms with Gasteiger partial charge in [-0.05, 0) is 24.3 Å². The minimum absolute atomic E-state index is 0.125. The molecule has 0 atom stereocenters. The Morgan fingerprint density at radius 3 is 2.19 bits per heavy atom. The van der Waals surface area contributed by atoms with Crippen LogP contribution in [0.2, 0.25) is 0 Å². The van der Waals surface area contributed by atoms with Crippen molar-refractivity contribution in [3.05, 3.63) is 59.7 Å². The Balaban J connectivity index is 0.000000219. The van der Waals surface area contributed by atoms with E-state index in [4.69, 9.17) is 16.3 Å². The minimum Gasteiger partial charge on any atom is -0.508 e. The fourth-order valence-corrected chi connectivity index (χ4v) is 1.40. The summed E-state index contributed by atoms with van der Waals surface area (Å²) in [6, 6.07) is 13.0. The SMILES string of the molecule is C#CCOc1cccc(C=O)c1.O=Cc1cccc(O)c1. The van der Waals surface area contributed by atoms with E-state index in [1.54, 1.807) is 36.4 Å². The number of carbonyl (C=O) groups excluding carboxylic acids is 2. The maximum atomic E-state index is 10.3. The first-order valence-corrected chi connectivity index (χ1v) is 6.05. The molecule has 0 amide bonds. The van der Waals surface area contributed by atoms with E-state index in [2.05, 4.69) is 5.92 Å². The van der Waals surface area contributed by atoms with Gasteiger partial charge in [-0.15, -0.1) is 6.42 Å². The molecule has 0 aliphatic carbocycles. The summed E-state index contributed by atoms with van der Waals surface area (Å²) in [6.07, 6.45) is 6.46. The van der Waals surface area contributed by atoms with Gasteiger partial charge in [-0.25, -0.2) is 0 Å². The topological polar surface area (TPSA) is 63.6 Å². The molecule has 2 aromatic rings. The molecule has 4 heteroatoms. The largest absolute Gasteiger partial charge is 0.508 e. The van der Waals surface area contributed by atoms with Crippen LogP contribution in [0.5, 0.6) is 11.5 Å². The molecule has 0 aliphatic heterocycles. The van der Waals surface area contributed by atoms with E-state index in [9.17, 15) is 9.59 Å². The molecule has 0 saturated heterocycles. The van der Waals surface area contributed by atoms with E-state index in [1.165, 1.54) is 12.1 Å². The van der Waals surface area contributed by atoms with E-state index in [0.717, 1.165) is 6.29 Å². The number of terminal acetylenes is 1. The van der Waals surface area contributed by atoms with Crippen molar-refractivity contribution in [2.45, 2.75) is 0 Å². The van der Waals surface area contributed by atoms with Crippen molar-refractivity contribution < 1.29 is 19.4 Å². The van der Waals surface area contributed by atoms with Crippen molar-refractivity contribution in [2.24, 2.45) is 0 Å². The predicted molar refractivity (Wildman–Crippen MR) is 79.7 cm³/mol. The quantitative estimate of drug-likeness (QED) is 0.691. The zero-order valence-corrected chi connectivity index (χ0v) is 11.2. The van der Waals surface area contributed by atoms with E-state index >= 15 is 0 Å². The number of phenols is 1. The number of aldehydes is 2. The van der Waals surface area contributed by atoms with Gasteiger partial charge in [-0.2, -0.15) is 0 Å². The fourth-order valence-electron chi connectivity index (χ4n) is 1.40. The van der Waals surface area contributed by atoms with E-state index in [1.807, 2.05) is 0 Å². The van der Waals surface area contributed by atoms with E-state index < -0.39 is 0 Å². The second kappa shape index (κ2) is 8.94. The molecule has 1 N–H and O–H groups in total. The molecule has 21 heavy (non-hydrogen) atoms. The van der Waals surface area contributed by atoms with Crippen LogP contribution in [0.15, 0.2) is 48.5 Å². The van der Waals surface area contributed by atoms with Crippen molar-refractivity contribution in [1.29, 1.82) is 0 Å². The van der Waals surface area contributed by atoms with Gasteiger partial charge in [0.2, 0.25) is 0 Å². The molecular formula is C17H14O4. The average Bonchev–Trinajstić information content (AvgIpc) is 2.53. The maximum Gasteiger partial charge on any atom is 0.150 e. The number of ether oxygens (including phenoxy) is 1. The summed E-state index contributed by atoms with van der Waals surface area (Å²) < 4.78 is 5.10. The second-order valence-corrected chi connectivity index (χ2v) is 3.90. The first kappa shape index (κ1) is 16.0. The van der Waals surface area contributed by atoms with Gasteiger partial charge in [-0.3, -0.25) is 9.59 Å². The summed E-state index contributed by atoms with van der Waals surface area (Å²) in [5, 5.41) is 8.79. The lowest BCUT2D eigenvalue weighted by Crippen LogP contribution is -1.93. The third-order valence-corrected chi connectivity index (χ3v) is 2.32. The van der Waals surface area contributed by atoms with Gasteiger partial charge in [0.15, 0.2) is 0 Å². The highest BCUT2D eigenvalue weighted by atomic mass is 16.5. The maximum absolute atomic E-state index is 10.3. The van der Waals surface area contributed by atoms with E-state index in [0.29, 0.717) is 23.2 Å². The van der Waals surface area contributed by atoms with Gasteiger partial charge < -0.3 is 9.84 Å². The number of carbonyl (C=O) groups is 2. The van der Waals surface area contributed by atoms with Crippen LogP contribution in [0, 0.1) is 12.3 Å². The molecule has 0 fully saturated rings. The van der Waals surface area contributed by atoms with Gasteiger partial charge in [0.25, 0.3) is 0 Å². The van der Waals surface area contributed by atoms with Gasteiger partial charge in [0.05, 0.1) is 0 Å². The molecule has 2 rings (SSSR count). The number of benzene rings is 2. The molecule has 0 aliphatic rings. The average molecular weight is 282 g/mol. The number of hydrogen-bond acceptors (Lipinski definition) is 4. The van der Waals surface area contributed by atoms with Crippen molar-refractivity contribution in [1.82, 2.24) is 0 Å². The van der Waals surface area contributed by atoms with Crippen molar-refractivity contribution >= 4 is 12.6 Å². The minimum atomic E-state index is 0.125. The Kier molecular flexibility index (Phi) is 6.81. The third kappa shape index (κ3) is 6.08. The molecule has 0 spiro atoms. The molecule has 0 bridgehead atoms. The highest BCUT2D eigenvalue weighted by Crippen LogP contribution is 2.11. The number of hydrogen-bond donors (Lipinski definition) is 1. The predicted octanol–water partition coefficient (Wildman–Crippen LogP) is 2.72. The van der Waals surface area contributed by atoms with Crippen molar-refractivity contribution in [3.63, 3.8) is 0 Å². The highest BCUT2D eigenvalue weighted by Gasteiger charge is 1.93. The van der Waals surface area contributed by atoms with Crippen molar-refractivity contribution in [3.8, 4) is 23.8 Å². The Labute approximate surface area is 123 Å². The number of phenolic OH excluding ortho intramolecular Hbond substituents is 1. The normalized spacial score (nSPS) is 8.71. The van der Waals surface area contributed by atoms with Crippen LogP contribution in [0.4, 0.5) is 0 Å². The highest BCUT2D eigenvalue weighted by molar-refractivity contribution is 5.75.